The minimum atomic E-state index is -0.0543. The zero-order chi connectivity index (χ0) is 22.4. The van der Waals surface area contributed by atoms with E-state index in [1.165, 1.54) is 0 Å². The Kier molecular flexibility index (Phi) is 4.77. The topological polar surface area (TPSA) is 89.1 Å². The maximum atomic E-state index is 13.2. The standard InChI is InChI=1S/C24H24N6O2/c1-14-7-8-17(26-24-27-22(32-28-24)20-6-5-9-29(20)3)12-18(14)19-11-16-13-25-15(2)10-21(16)30(4)23(19)31/h6-8,10-13H,5,9H2,1-4H3,(H,26,28). The molecule has 3 aromatic heterocycles. The molecule has 0 amide bonds. The van der Waals surface area contributed by atoms with Crippen LogP contribution >= 0.6 is 0 Å². The summed E-state index contributed by atoms with van der Waals surface area (Å²) in [4.78, 5) is 24.1. The molecule has 0 spiro atoms. The van der Waals surface area contributed by atoms with Crippen LogP contribution in [0.5, 0.6) is 0 Å². The lowest BCUT2D eigenvalue weighted by atomic mass is 9.99. The van der Waals surface area contributed by atoms with E-state index < -0.39 is 0 Å². The van der Waals surface area contributed by atoms with E-state index in [0.29, 0.717) is 17.4 Å². The van der Waals surface area contributed by atoms with Crippen molar-refractivity contribution in [1.29, 1.82) is 0 Å². The molecule has 162 valence electrons. The number of benzene rings is 1. The Hall–Kier alpha value is -3.94. The van der Waals surface area contributed by atoms with Crippen LogP contribution in [0.1, 0.15) is 23.6 Å². The largest absolute Gasteiger partial charge is 0.370 e. The Morgan fingerprint density at radius 1 is 1.09 bits per heavy atom. The Morgan fingerprint density at radius 2 is 1.94 bits per heavy atom. The van der Waals surface area contributed by atoms with Crippen LogP contribution in [0.2, 0.25) is 0 Å². The predicted octanol–water partition coefficient (Wildman–Crippen LogP) is 4.02. The lowest BCUT2D eigenvalue weighted by Crippen LogP contribution is -2.19. The molecule has 0 radical (unpaired) electrons. The molecule has 0 atom stereocenters. The van der Waals surface area contributed by atoms with Gasteiger partial charge in [0, 0.05) is 49.2 Å². The van der Waals surface area contributed by atoms with Crippen molar-refractivity contribution in [2.75, 3.05) is 18.9 Å². The van der Waals surface area contributed by atoms with Crippen LogP contribution in [0.15, 0.2) is 51.9 Å². The molecule has 32 heavy (non-hydrogen) atoms. The van der Waals surface area contributed by atoms with Gasteiger partial charge in [-0.1, -0.05) is 12.1 Å². The van der Waals surface area contributed by atoms with Gasteiger partial charge in [-0.2, -0.15) is 4.98 Å². The fourth-order valence-electron chi connectivity index (χ4n) is 4.08. The summed E-state index contributed by atoms with van der Waals surface area (Å²) in [6, 6.07) is 9.69. The SMILES string of the molecule is Cc1cc2c(cn1)cc(-c1cc(Nc3noc(C4=CCCN4C)n3)ccc1C)c(=O)n2C. The molecule has 1 aliphatic heterocycles. The molecule has 1 N–H and O–H groups in total. The van der Waals surface area contributed by atoms with E-state index in [1.807, 2.05) is 51.2 Å². The van der Waals surface area contributed by atoms with Crippen molar-refractivity contribution in [3.05, 3.63) is 70.1 Å². The van der Waals surface area contributed by atoms with Gasteiger partial charge in [-0.3, -0.25) is 9.78 Å². The Morgan fingerprint density at radius 3 is 2.72 bits per heavy atom. The molecule has 4 aromatic rings. The molecule has 5 rings (SSSR count). The molecule has 1 aromatic carbocycles. The minimum absolute atomic E-state index is 0.0543. The molecule has 8 nitrogen and oxygen atoms in total. The van der Waals surface area contributed by atoms with Crippen molar-refractivity contribution in [3.63, 3.8) is 0 Å². The first-order chi connectivity index (χ1) is 15.4. The number of hydrogen-bond donors (Lipinski definition) is 1. The van der Waals surface area contributed by atoms with Crippen LogP contribution in [0.25, 0.3) is 27.7 Å². The smallest absolute Gasteiger partial charge is 0.275 e. The van der Waals surface area contributed by atoms with Crippen LogP contribution in [0.4, 0.5) is 11.6 Å². The average Bonchev–Trinajstić information content (AvgIpc) is 3.41. The van der Waals surface area contributed by atoms with E-state index in [2.05, 4.69) is 31.4 Å². The first-order valence-electron chi connectivity index (χ1n) is 10.5. The molecule has 1 aliphatic rings. The van der Waals surface area contributed by atoms with Crippen LogP contribution in [0, 0.1) is 13.8 Å². The Balaban J connectivity index is 1.51. The molecule has 0 saturated carbocycles. The van der Waals surface area contributed by atoms with E-state index >= 15 is 0 Å². The van der Waals surface area contributed by atoms with Gasteiger partial charge in [-0.05, 0) is 60.8 Å². The molecule has 0 unspecified atom stereocenters. The van der Waals surface area contributed by atoms with Crippen molar-refractivity contribution in [2.45, 2.75) is 20.3 Å². The highest BCUT2D eigenvalue weighted by Crippen LogP contribution is 2.29. The quantitative estimate of drug-likeness (QED) is 0.525. The summed E-state index contributed by atoms with van der Waals surface area (Å²) in [6.07, 6.45) is 4.86. The molecule has 0 fully saturated rings. The number of nitrogens with one attached hydrogen (secondary N) is 1. The van der Waals surface area contributed by atoms with Crippen LogP contribution in [-0.4, -0.2) is 38.2 Å². The third-order valence-corrected chi connectivity index (χ3v) is 5.89. The van der Waals surface area contributed by atoms with E-state index in [1.54, 1.807) is 17.8 Å². The van der Waals surface area contributed by atoms with Crippen molar-refractivity contribution >= 4 is 28.2 Å². The summed E-state index contributed by atoms with van der Waals surface area (Å²) in [5.74, 6) is 0.869. The second kappa shape index (κ2) is 7.64. The van der Waals surface area contributed by atoms with E-state index in [0.717, 1.165) is 52.1 Å². The van der Waals surface area contributed by atoms with Crippen LogP contribution < -0.4 is 10.9 Å². The van der Waals surface area contributed by atoms with Crippen LogP contribution in [-0.2, 0) is 7.05 Å². The number of aromatic nitrogens is 4. The maximum Gasteiger partial charge on any atom is 0.275 e. The fourth-order valence-corrected chi connectivity index (χ4v) is 4.08. The van der Waals surface area contributed by atoms with Gasteiger partial charge in [0.25, 0.3) is 17.4 Å². The lowest BCUT2D eigenvalue weighted by Gasteiger charge is -2.13. The second-order valence-corrected chi connectivity index (χ2v) is 8.18. The molecule has 0 aliphatic carbocycles. The van der Waals surface area contributed by atoms with Gasteiger partial charge in [-0.15, -0.1) is 0 Å². The second-order valence-electron chi connectivity index (χ2n) is 8.18. The van der Waals surface area contributed by atoms with E-state index in [9.17, 15) is 4.79 Å². The number of hydrogen-bond acceptors (Lipinski definition) is 7. The van der Waals surface area contributed by atoms with Gasteiger partial charge in [0.15, 0.2) is 0 Å². The number of nitrogens with zero attached hydrogens (tertiary/aromatic N) is 5. The predicted molar refractivity (Wildman–Crippen MR) is 125 cm³/mol. The molecule has 4 heterocycles. The number of fused-ring (bicyclic) bond motifs is 1. The van der Waals surface area contributed by atoms with Crippen molar-refractivity contribution in [3.8, 4) is 11.1 Å². The molecular formula is C24H24N6O2. The number of rotatable bonds is 4. The summed E-state index contributed by atoms with van der Waals surface area (Å²) < 4.78 is 7.11. The first-order valence-corrected chi connectivity index (χ1v) is 10.5. The van der Waals surface area contributed by atoms with Gasteiger partial charge in [0.1, 0.15) is 0 Å². The zero-order valence-corrected chi connectivity index (χ0v) is 18.5. The third-order valence-electron chi connectivity index (χ3n) is 5.89. The highest BCUT2D eigenvalue weighted by molar-refractivity contribution is 5.85. The fraction of sp³-hybridized carbons (Fsp3) is 0.250. The Labute approximate surface area is 185 Å². The van der Waals surface area contributed by atoms with Crippen molar-refractivity contribution in [2.24, 2.45) is 7.05 Å². The van der Waals surface area contributed by atoms with E-state index in [-0.39, 0.29) is 5.56 Å². The number of aryl methyl sites for hydroxylation is 3. The number of pyridine rings is 2. The van der Waals surface area contributed by atoms with Crippen molar-refractivity contribution < 1.29 is 4.52 Å². The molecule has 0 saturated heterocycles. The number of anilines is 2. The van der Waals surface area contributed by atoms with Gasteiger partial charge >= 0.3 is 0 Å². The summed E-state index contributed by atoms with van der Waals surface area (Å²) in [6.45, 7) is 4.85. The summed E-state index contributed by atoms with van der Waals surface area (Å²) in [5.41, 5.74) is 5.87. The minimum Gasteiger partial charge on any atom is -0.370 e. The van der Waals surface area contributed by atoms with Gasteiger partial charge in [0.2, 0.25) is 0 Å². The molecular weight excluding hydrogens is 404 g/mol. The average molecular weight is 428 g/mol. The summed E-state index contributed by atoms with van der Waals surface area (Å²) >= 11 is 0. The highest BCUT2D eigenvalue weighted by atomic mass is 16.5. The Bertz CT molecular complexity index is 1430. The summed E-state index contributed by atoms with van der Waals surface area (Å²) in [5, 5.41) is 8.17. The van der Waals surface area contributed by atoms with Gasteiger partial charge in [-0.25, -0.2) is 0 Å². The third kappa shape index (κ3) is 3.43. The first kappa shape index (κ1) is 20.0. The molecule has 8 heteroatoms. The molecule has 0 bridgehead atoms. The maximum absolute atomic E-state index is 13.2. The highest BCUT2D eigenvalue weighted by Gasteiger charge is 2.19. The van der Waals surface area contributed by atoms with Crippen molar-refractivity contribution in [1.82, 2.24) is 24.6 Å². The lowest BCUT2D eigenvalue weighted by molar-refractivity contribution is 0.390. The van der Waals surface area contributed by atoms with Gasteiger partial charge < -0.3 is 19.3 Å². The van der Waals surface area contributed by atoms with Gasteiger partial charge in [0.05, 0.1) is 11.2 Å². The summed E-state index contributed by atoms with van der Waals surface area (Å²) in [7, 11) is 3.80. The van der Waals surface area contributed by atoms with E-state index in [4.69, 9.17) is 4.52 Å². The monoisotopic (exact) mass is 428 g/mol. The van der Waals surface area contributed by atoms with Crippen LogP contribution in [0.3, 0.4) is 0 Å². The zero-order valence-electron chi connectivity index (χ0n) is 18.5. The normalized spacial score (nSPS) is 13.6.